The van der Waals surface area contributed by atoms with Crippen LogP contribution in [0.25, 0.3) is 0 Å². The first-order valence-corrected chi connectivity index (χ1v) is 6.33. The monoisotopic (exact) mass is 235 g/mol. The molecule has 2 saturated carbocycles. The van der Waals surface area contributed by atoms with Crippen molar-refractivity contribution >= 4 is 5.97 Å². The average molecular weight is 235 g/mol. The molecule has 92 valence electrons. The number of aliphatic carboxylic acids is 1. The van der Waals surface area contributed by atoms with Gasteiger partial charge in [-0.15, -0.1) is 5.10 Å². The fourth-order valence-electron chi connectivity index (χ4n) is 2.49. The first-order valence-electron chi connectivity index (χ1n) is 6.33. The van der Waals surface area contributed by atoms with E-state index in [1.54, 1.807) is 4.68 Å². The molecule has 5 nitrogen and oxygen atoms in total. The van der Waals surface area contributed by atoms with Gasteiger partial charge in [-0.25, -0.2) is 0 Å². The molecule has 3 rings (SSSR count). The molecular formula is C12H17N3O2. The molecule has 1 N–H and O–H groups in total. The van der Waals surface area contributed by atoms with E-state index in [4.69, 9.17) is 0 Å². The fraction of sp³-hybridized carbons (Fsp3) is 0.750. The summed E-state index contributed by atoms with van der Waals surface area (Å²) < 4.78 is 1.80. The number of nitrogens with zero attached hydrogens (tertiary/aromatic N) is 3. The predicted molar refractivity (Wildman–Crippen MR) is 60.5 cm³/mol. The molecule has 2 aliphatic carbocycles. The SMILES string of the molecule is O=C(O)C1(CCn2cc(C3CC3)nn2)CCC1. The molecule has 1 aromatic heterocycles. The smallest absolute Gasteiger partial charge is 0.309 e. The number of aromatic nitrogens is 3. The van der Waals surface area contributed by atoms with Gasteiger partial charge in [-0.05, 0) is 32.1 Å². The molecule has 0 bridgehead atoms. The molecule has 0 atom stereocenters. The van der Waals surface area contributed by atoms with Crippen molar-refractivity contribution in [1.82, 2.24) is 15.0 Å². The largest absolute Gasteiger partial charge is 0.481 e. The third-order valence-corrected chi connectivity index (χ3v) is 4.14. The predicted octanol–water partition coefficient (Wildman–Crippen LogP) is 1.80. The Bertz CT molecular complexity index is 433. The first-order chi connectivity index (χ1) is 8.20. The van der Waals surface area contributed by atoms with E-state index < -0.39 is 11.4 Å². The summed E-state index contributed by atoms with van der Waals surface area (Å²) in [6, 6.07) is 0. The lowest BCUT2D eigenvalue weighted by molar-refractivity contribution is -0.155. The summed E-state index contributed by atoms with van der Waals surface area (Å²) in [5.41, 5.74) is 0.592. The number of carboxylic acid groups (broad SMARTS) is 1. The Kier molecular flexibility index (Phi) is 2.42. The van der Waals surface area contributed by atoms with Crippen molar-refractivity contribution in [3.05, 3.63) is 11.9 Å². The first kappa shape index (κ1) is 10.7. The normalized spacial score (nSPS) is 22.1. The zero-order valence-electron chi connectivity index (χ0n) is 9.80. The molecule has 0 unspecified atom stereocenters. The van der Waals surface area contributed by atoms with Crippen LogP contribution >= 0.6 is 0 Å². The van der Waals surface area contributed by atoms with Gasteiger partial charge in [0.05, 0.1) is 11.1 Å². The second kappa shape index (κ2) is 3.82. The van der Waals surface area contributed by atoms with E-state index in [9.17, 15) is 9.90 Å². The molecule has 0 radical (unpaired) electrons. The lowest BCUT2D eigenvalue weighted by Gasteiger charge is -2.37. The third-order valence-electron chi connectivity index (χ3n) is 4.14. The highest BCUT2D eigenvalue weighted by Crippen LogP contribution is 2.44. The van der Waals surface area contributed by atoms with Gasteiger partial charge in [0.15, 0.2) is 0 Å². The molecule has 1 heterocycles. The van der Waals surface area contributed by atoms with Gasteiger partial charge in [0, 0.05) is 18.7 Å². The Morgan fingerprint density at radius 2 is 2.29 bits per heavy atom. The quantitative estimate of drug-likeness (QED) is 0.845. The van der Waals surface area contributed by atoms with Gasteiger partial charge in [0.1, 0.15) is 0 Å². The van der Waals surface area contributed by atoms with Crippen LogP contribution in [0.4, 0.5) is 0 Å². The lowest BCUT2D eigenvalue weighted by Crippen LogP contribution is -2.38. The van der Waals surface area contributed by atoms with E-state index in [-0.39, 0.29) is 0 Å². The van der Waals surface area contributed by atoms with Crippen LogP contribution in [0.1, 0.15) is 50.1 Å². The summed E-state index contributed by atoms with van der Waals surface area (Å²) in [6.07, 6.45) is 7.76. The van der Waals surface area contributed by atoms with Crippen LogP contribution in [0, 0.1) is 5.41 Å². The van der Waals surface area contributed by atoms with E-state index >= 15 is 0 Å². The number of carbonyl (C=O) groups is 1. The molecule has 17 heavy (non-hydrogen) atoms. The molecule has 0 spiro atoms. The van der Waals surface area contributed by atoms with Gasteiger partial charge in [-0.2, -0.15) is 0 Å². The molecule has 1 aromatic rings. The number of hydrogen-bond donors (Lipinski definition) is 1. The average Bonchev–Trinajstić information content (AvgIpc) is 2.97. The highest BCUT2D eigenvalue weighted by atomic mass is 16.4. The van der Waals surface area contributed by atoms with Crippen molar-refractivity contribution in [3.8, 4) is 0 Å². The van der Waals surface area contributed by atoms with E-state index in [0.29, 0.717) is 18.9 Å². The van der Waals surface area contributed by atoms with Gasteiger partial charge < -0.3 is 5.11 Å². The van der Waals surface area contributed by atoms with Crippen LogP contribution in [0.5, 0.6) is 0 Å². The molecule has 2 fully saturated rings. The van der Waals surface area contributed by atoms with Crippen LogP contribution < -0.4 is 0 Å². The zero-order valence-corrected chi connectivity index (χ0v) is 9.80. The standard InChI is InChI=1S/C12H17N3O2/c16-11(17)12(4-1-5-12)6-7-15-8-10(13-14-15)9-2-3-9/h8-9H,1-7H2,(H,16,17). The van der Waals surface area contributed by atoms with Gasteiger partial charge >= 0.3 is 5.97 Å². The minimum absolute atomic E-state index is 0.480. The second-order valence-corrected chi connectivity index (χ2v) is 5.37. The van der Waals surface area contributed by atoms with Gasteiger partial charge in [-0.1, -0.05) is 11.6 Å². The van der Waals surface area contributed by atoms with Gasteiger partial charge in [0.25, 0.3) is 0 Å². The molecular weight excluding hydrogens is 218 g/mol. The Morgan fingerprint density at radius 1 is 1.53 bits per heavy atom. The lowest BCUT2D eigenvalue weighted by atomic mass is 9.67. The Balaban J connectivity index is 1.60. The molecule has 0 aliphatic heterocycles. The number of hydrogen-bond acceptors (Lipinski definition) is 3. The number of carboxylic acids is 1. The van der Waals surface area contributed by atoms with Crippen molar-refractivity contribution in [1.29, 1.82) is 0 Å². The Labute approximate surface area is 99.8 Å². The van der Waals surface area contributed by atoms with E-state index in [1.165, 1.54) is 12.8 Å². The van der Waals surface area contributed by atoms with Crippen LogP contribution in [-0.4, -0.2) is 26.1 Å². The summed E-state index contributed by atoms with van der Waals surface area (Å²) in [7, 11) is 0. The molecule has 5 heteroatoms. The van der Waals surface area contributed by atoms with Gasteiger partial charge in [-0.3, -0.25) is 9.48 Å². The number of rotatable bonds is 5. The maximum Gasteiger partial charge on any atom is 0.309 e. The van der Waals surface area contributed by atoms with Crippen molar-refractivity contribution < 1.29 is 9.90 Å². The number of aryl methyl sites for hydroxylation is 1. The van der Waals surface area contributed by atoms with Crippen LogP contribution in [-0.2, 0) is 11.3 Å². The highest BCUT2D eigenvalue weighted by Gasteiger charge is 2.43. The maximum atomic E-state index is 11.2. The summed E-state index contributed by atoms with van der Waals surface area (Å²) in [5, 5.41) is 17.4. The molecule has 0 amide bonds. The van der Waals surface area contributed by atoms with Crippen molar-refractivity contribution in [2.75, 3.05) is 0 Å². The van der Waals surface area contributed by atoms with Crippen LogP contribution in [0.2, 0.25) is 0 Å². The van der Waals surface area contributed by atoms with E-state index in [2.05, 4.69) is 10.3 Å². The minimum Gasteiger partial charge on any atom is -0.481 e. The van der Waals surface area contributed by atoms with Crippen molar-refractivity contribution in [3.63, 3.8) is 0 Å². The van der Waals surface area contributed by atoms with Crippen LogP contribution in [0.15, 0.2) is 6.20 Å². The van der Waals surface area contributed by atoms with Crippen molar-refractivity contribution in [2.24, 2.45) is 5.41 Å². The summed E-state index contributed by atoms with van der Waals surface area (Å²) in [6.45, 7) is 0.673. The highest BCUT2D eigenvalue weighted by molar-refractivity contribution is 5.75. The summed E-state index contributed by atoms with van der Waals surface area (Å²) in [5.74, 6) is -0.0350. The van der Waals surface area contributed by atoms with Gasteiger partial charge in [0.2, 0.25) is 0 Å². The summed E-state index contributed by atoms with van der Waals surface area (Å²) >= 11 is 0. The topological polar surface area (TPSA) is 68.0 Å². The van der Waals surface area contributed by atoms with E-state index in [1.807, 2.05) is 6.20 Å². The third kappa shape index (κ3) is 1.94. The Morgan fingerprint density at radius 3 is 2.82 bits per heavy atom. The van der Waals surface area contributed by atoms with Crippen molar-refractivity contribution in [2.45, 2.75) is 51.0 Å². The molecule has 2 aliphatic rings. The summed E-state index contributed by atoms with van der Waals surface area (Å²) in [4.78, 5) is 11.2. The van der Waals surface area contributed by atoms with Crippen LogP contribution in [0.3, 0.4) is 0 Å². The molecule has 0 aromatic carbocycles. The minimum atomic E-state index is -0.647. The fourth-order valence-corrected chi connectivity index (χ4v) is 2.49. The maximum absolute atomic E-state index is 11.2. The van der Waals surface area contributed by atoms with E-state index in [0.717, 1.165) is 25.0 Å². The Hall–Kier alpha value is -1.39. The second-order valence-electron chi connectivity index (χ2n) is 5.37. The molecule has 0 saturated heterocycles. The zero-order chi connectivity index (χ0) is 11.9.